The molecular formula is C23H34O5Si. The molecule has 1 atom stereocenters. The minimum atomic E-state index is -2.49. The highest BCUT2D eigenvalue weighted by Gasteiger charge is 2.45. The molecule has 1 heterocycles. The molecular weight excluding hydrogens is 384 g/mol. The van der Waals surface area contributed by atoms with Gasteiger partial charge in [-0.2, -0.15) is 0 Å². The van der Waals surface area contributed by atoms with E-state index >= 15 is 0 Å². The van der Waals surface area contributed by atoms with Crippen LogP contribution in [0.3, 0.4) is 0 Å². The summed E-state index contributed by atoms with van der Waals surface area (Å²) >= 11 is 0. The SMILES string of the molecule is COc1ccc([Si@]2(C)CCCC(C(=O)OC(C)(C)C)=C2C(=O)OC(C)(C)C)cc1. The number of rotatable bonds is 4. The van der Waals surface area contributed by atoms with E-state index in [2.05, 4.69) is 6.55 Å². The van der Waals surface area contributed by atoms with Crippen LogP contribution in [0.25, 0.3) is 0 Å². The number of esters is 2. The molecule has 1 aliphatic heterocycles. The van der Waals surface area contributed by atoms with Crippen LogP contribution in [0.5, 0.6) is 5.75 Å². The predicted molar refractivity (Wildman–Crippen MR) is 117 cm³/mol. The van der Waals surface area contributed by atoms with Crippen molar-refractivity contribution in [3.05, 3.63) is 35.0 Å². The van der Waals surface area contributed by atoms with Crippen molar-refractivity contribution < 1.29 is 23.8 Å². The number of carbonyl (C=O) groups excluding carboxylic acids is 2. The van der Waals surface area contributed by atoms with Gasteiger partial charge in [-0.25, -0.2) is 9.59 Å². The fourth-order valence-electron chi connectivity index (χ4n) is 3.67. The monoisotopic (exact) mass is 418 g/mol. The fraction of sp³-hybridized carbons (Fsp3) is 0.565. The van der Waals surface area contributed by atoms with Gasteiger partial charge in [0.05, 0.1) is 7.11 Å². The van der Waals surface area contributed by atoms with Crippen LogP contribution in [-0.4, -0.2) is 38.3 Å². The van der Waals surface area contributed by atoms with Gasteiger partial charge in [0.25, 0.3) is 0 Å². The summed E-state index contributed by atoms with van der Waals surface area (Å²) in [6.07, 6.45) is 1.37. The molecule has 6 heteroatoms. The number of benzene rings is 1. The molecule has 0 N–H and O–H groups in total. The predicted octanol–water partition coefficient (Wildman–Crippen LogP) is 4.29. The molecule has 0 saturated heterocycles. The molecule has 0 aromatic heterocycles. The first kappa shape index (κ1) is 23.2. The van der Waals surface area contributed by atoms with Gasteiger partial charge in [0.2, 0.25) is 0 Å². The molecule has 2 rings (SSSR count). The second kappa shape index (κ2) is 8.34. The van der Waals surface area contributed by atoms with E-state index in [-0.39, 0.29) is 0 Å². The van der Waals surface area contributed by atoms with Crippen molar-refractivity contribution in [3.8, 4) is 5.75 Å². The van der Waals surface area contributed by atoms with Gasteiger partial charge in [0.15, 0.2) is 0 Å². The fourth-order valence-corrected chi connectivity index (χ4v) is 7.68. The molecule has 29 heavy (non-hydrogen) atoms. The van der Waals surface area contributed by atoms with E-state index in [0.717, 1.165) is 23.4 Å². The van der Waals surface area contributed by atoms with Crippen molar-refractivity contribution in [2.24, 2.45) is 0 Å². The lowest BCUT2D eigenvalue weighted by molar-refractivity contribution is -0.153. The van der Waals surface area contributed by atoms with Gasteiger partial charge in [-0.3, -0.25) is 0 Å². The summed E-state index contributed by atoms with van der Waals surface area (Å²) in [7, 11) is -0.867. The van der Waals surface area contributed by atoms with Gasteiger partial charge in [-0.05, 0) is 66.1 Å². The van der Waals surface area contributed by atoms with Crippen molar-refractivity contribution in [3.63, 3.8) is 0 Å². The van der Waals surface area contributed by atoms with Crippen LogP contribution in [0.1, 0.15) is 54.4 Å². The maximum absolute atomic E-state index is 13.3. The van der Waals surface area contributed by atoms with Crippen LogP contribution in [-0.2, 0) is 19.1 Å². The van der Waals surface area contributed by atoms with E-state index in [1.807, 2.05) is 65.8 Å². The first-order valence-corrected chi connectivity index (χ1v) is 12.8. The van der Waals surface area contributed by atoms with Crippen LogP contribution in [0.4, 0.5) is 0 Å². The van der Waals surface area contributed by atoms with Crippen molar-refractivity contribution >= 4 is 25.2 Å². The molecule has 1 aromatic rings. The molecule has 0 fully saturated rings. The Morgan fingerprint density at radius 1 is 0.897 bits per heavy atom. The van der Waals surface area contributed by atoms with Crippen LogP contribution in [0.2, 0.25) is 12.6 Å². The first-order chi connectivity index (χ1) is 13.3. The Hall–Kier alpha value is -2.08. The van der Waals surface area contributed by atoms with Crippen LogP contribution >= 0.6 is 0 Å². The molecule has 0 aliphatic carbocycles. The zero-order valence-electron chi connectivity index (χ0n) is 19.0. The van der Waals surface area contributed by atoms with E-state index in [1.165, 1.54) is 0 Å². The average Bonchev–Trinajstić information content (AvgIpc) is 2.58. The Kier molecular flexibility index (Phi) is 6.67. The normalized spacial score (nSPS) is 20.3. The third-order valence-corrected chi connectivity index (χ3v) is 9.50. The van der Waals surface area contributed by atoms with Crippen molar-refractivity contribution in [1.82, 2.24) is 0 Å². The van der Waals surface area contributed by atoms with E-state index < -0.39 is 31.2 Å². The molecule has 0 spiro atoms. The maximum atomic E-state index is 13.3. The van der Waals surface area contributed by atoms with E-state index in [9.17, 15) is 9.59 Å². The lowest BCUT2D eigenvalue weighted by atomic mass is 10.1. The number of carbonyl (C=O) groups is 2. The third kappa shape index (κ3) is 5.72. The zero-order valence-corrected chi connectivity index (χ0v) is 20.0. The summed E-state index contributed by atoms with van der Waals surface area (Å²) in [4.78, 5) is 26.4. The topological polar surface area (TPSA) is 61.8 Å². The van der Waals surface area contributed by atoms with Gasteiger partial charge in [-0.15, -0.1) is 0 Å². The quantitative estimate of drug-likeness (QED) is 0.539. The van der Waals surface area contributed by atoms with E-state index in [1.54, 1.807) is 7.11 Å². The molecule has 0 saturated carbocycles. The summed E-state index contributed by atoms with van der Waals surface area (Å²) in [5, 5.41) is 1.62. The highest BCUT2D eigenvalue weighted by atomic mass is 28.3. The van der Waals surface area contributed by atoms with Gasteiger partial charge < -0.3 is 14.2 Å². The minimum absolute atomic E-state index is 0.400. The van der Waals surface area contributed by atoms with E-state index in [0.29, 0.717) is 17.2 Å². The summed E-state index contributed by atoms with van der Waals surface area (Å²) in [6.45, 7) is 13.2. The van der Waals surface area contributed by atoms with Gasteiger partial charge in [0, 0.05) is 10.8 Å². The lowest BCUT2D eigenvalue weighted by Gasteiger charge is -2.37. The van der Waals surface area contributed by atoms with Gasteiger partial charge in [-0.1, -0.05) is 30.3 Å². The highest BCUT2D eigenvalue weighted by molar-refractivity contribution is 7.00. The van der Waals surface area contributed by atoms with Crippen LogP contribution in [0, 0.1) is 0 Å². The van der Waals surface area contributed by atoms with Crippen molar-refractivity contribution in [2.75, 3.05) is 7.11 Å². The summed E-state index contributed by atoms with van der Waals surface area (Å²) in [5.41, 5.74) is -0.792. The smallest absolute Gasteiger partial charge is 0.334 e. The zero-order chi connectivity index (χ0) is 22.0. The number of hydrogen-bond donors (Lipinski definition) is 0. The molecule has 0 unspecified atom stereocenters. The second-order valence-corrected chi connectivity index (χ2v) is 14.0. The Bertz CT molecular complexity index is 796. The molecule has 1 aliphatic rings. The number of methoxy groups -OCH3 is 1. The van der Waals surface area contributed by atoms with Gasteiger partial charge in [0.1, 0.15) is 25.0 Å². The Balaban J connectivity index is 2.62. The summed E-state index contributed by atoms with van der Waals surface area (Å²) in [6, 6.07) is 8.70. The Morgan fingerprint density at radius 2 is 1.41 bits per heavy atom. The minimum Gasteiger partial charge on any atom is -0.497 e. The molecule has 1 aromatic carbocycles. The van der Waals surface area contributed by atoms with Crippen LogP contribution in [0.15, 0.2) is 35.0 Å². The Labute approximate surface area is 175 Å². The van der Waals surface area contributed by atoms with Gasteiger partial charge >= 0.3 is 11.9 Å². The van der Waals surface area contributed by atoms with E-state index in [4.69, 9.17) is 14.2 Å². The van der Waals surface area contributed by atoms with Crippen molar-refractivity contribution in [2.45, 2.75) is 78.2 Å². The Morgan fingerprint density at radius 3 is 1.90 bits per heavy atom. The first-order valence-electron chi connectivity index (χ1n) is 10.1. The highest BCUT2D eigenvalue weighted by Crippen LogP contribution is 2.36. The third-order valence-electron chi connectivity index (χ3n) is 4.93. The van der Waals surface area contributed by atoms with Crippen molar-refractivity contribution in [1.29, 1.82) is 0 Å². The molecule has 0 radical (unpaired) electrons. The second-order valence-electron chi connectivity index (χ2n) is 9.77. The molecule has 0 bridgehead atoms. The lowest BCUT2D eigenvalue weighted by Crippen LogP contribution is -2.53. The summed E-state index contributed by atoms with van der Waals surface area (Å²) < 4.78 is 16.7. The largest absolute Gasteiger partial charge is 0.497 e. The average molecular weight is 419 g/mol. The molecule has 5 nitrogen and oxygen atoms in total. The number of ether oxygens (including phenoxy) is 3. The van der Waals surface area contributed by atoms with Crippen LogP contribution < -0.4 is 9.92 Å². The number of hydrogen-bond acceptors (Lipinski definition) is 5. The molecule has 0 amide bonds. The maximum Gasteiger partial charge on any atom is 0.334 e. The standard InChI is InChI=1S/C23H34O5Si/c1-22(2,3)27-20(24)18-10-9-15-29(8,17-13-11-16(26-7)12-14-17)19(18)21(25)28-23(4,5)6/h11-14H,9-10,15H2,1-8H3/t29-/m0/s1. The summed E-state index contributed by atoms with van der Waals surface area (Å²) in [5.74, 6) is -0.0503. The molecule has 160 valence electrons.